The van der Waals surface area contributed by atoms with E-state index >= 15 is 0 Å². The van der Waals surface area contributed by atoms with Gasteiger partial charge >= 0.3 is 5.69 Å². The smallest absolute Gasteiger partial charge is 0.330 e. The van der Waals surface area contributed by atoms with Crippen LogP contribution in [0.1, 0.15) is 24.3 Å². The molecule has 2 rings (SSSR count). The number of aryl methyl sites for hydroxylation is 1. The van der Waals surface area contributed by atoms with Gasteiger partial charge in [-0.1, -0.05) is 0 Å². The molecule has 0 aliphatic carbocycles. The number of nitrogens with zero attached hydrogens (tertiary/aromatic N) is 2. The Balaban J connectivity index is 2.17. The number of hydrogen-bond donors (Lipinski definition) is 1. The van der Waals surface area contributed by atoms with Gasteiger partial charge in [-0.3, -0.25) is 9.36 Å². The molecule has 0 saturated heterocycles. The van der Waals surface area contributed by atoms with Gasteiger partial charge in [-0.2, -0.15) is 0 Å². The van der Waals surface area contributed by atoms with Crippen molar-refractivity contribution in [2.45, 2.75) is 19.5 Å². The lowest BCUT2D eigenvalue weighted by molar-refractivity contribution is 0.428. The molecular weight excluding hydrogens is 246 g/mol. The number of furan rings is 1. The summed E-state index contributed by atoms with van der Waals surface area (Å²) in [5.74, 6) is 0.807. The molecule has 0 aromatic carbocycles. The van der Waals surface area contributed by atoms with E-state index in [1.165, 1.54) is 11.6 Å². The van der Waals surface area contributed by atoms with Crippen molar-refractivity contribution < 1.29 is 4.42 Å². The molecule has 0 bridgehead atoms. The van der Waals surface area contributed by atoms with Crippen molar-refractivity contribution in [3.63, 3.8) is 0 Å². The molecule has 0 spiro atoms. The number of hydrogen-bond acceptors (Lipinski definition) is 4. The minimum Gasteiger partial charge on any atom is -0.468 e. The summed E-state index contributed by atoms with van der Waals surface area (Å²) in [6.07, 6.45) is 3.17. The van der Waals surface area contributed by atoms with Gasteiger partial charge in [-0.05, 0) is 19.1 Å². The molecule has 0 aliphatic heterocycles. The summed E-state index contributed by atoms with van der Waals surface area (Å²) in [6.45, 7) is 2.33. The van der Waals surface area contributed by atoms with Gasteiger partial charge in [-0.15, -0.1) is 0 Å². The average Bonchev–Trinajstić information content (AvgIpc) is 2.92. The molecule has 6 nitrogen and oxygen atoms in total. The summed E-state index contributed by atoms with van der Waals surface area (Å²) < 4.78 is 7.78. The van der Waals surface area contributed by atoms with Gasteiger partial charge in [0.2, 0.25) is 0 Å². The number of rotatable bonds is 4. The SMILES string of the molecule is C[C@@H](NCc1cn(C)c(=O)n(C)c1=O)c1ccco1. The lowest BCUT2D eigenvalue weighted by atomic mass is 10.2. The Morgan fingerprint density at radius 1 is 1.37 bits per heavy atom. The predicted octanol–water partition coefficient (Wildman–Crippen LogP) is 0.528. The predicted molar refractivity (Wildman–Crippen MR) is 70.9 cm³/mol. The maximum absolute atomic E-state index is 11.9. The first kappa shape index (κ1) is 13.4. The van der Waals surface area contributed by atoms with Crippen LogP contribution >= 0.6 is 0 Å². The molecule has 0 radical (unpaired) electrons. The van der Waals surface area contributed by atoms with Gasteiger partial charge in [0.15, 0.2) is 0 Å². The van der Waals surface area contributed by atoms with Crippen LogP contribution in [0.25, 0.3) is 0 Å². The number of nitrogens with one attached hydrogen (secondary N) is 1. The van der Waals surface area contributed by atoms with Crippen LogP contribution in [0.5, 0.6) is 0 Å². The third kappa shape index (κ3) is 2.68. The first-order valence-corrected chi connectivity index (χ1v) is 6.03. The van der Waals surface area contributed by atoms with Crippen molar-refractivity contribution in [1.82, 2.24) is 14.5 Å². The van der Waals surface area contributed by atoms with Crippen molar-refractivity contribution in [2.24, 2.45) is 14.1 Å². The van der Waals surface area contributed by atoms with Crippen LogP contribution in [0.15, 0.2) is 38.6 Å². The highest BCUT2D eigenvalue weighted by Gasteiger charge is 2.10. The summed E-state index contributed by atoms with van der Waals surface area (Å²) >= 11 is 0. The maximum Gasteiger partial charge on any atom is 0.330 e. The summed E-state index contributed by atoms with van der Waals surface area (Å²) in [6, 6.07) is 3.69. The maximum atomic E-state index is 11.9. The van der Waals surface area contributed by atoms with E-state index in [-0.39, 0.29) is 17.3 Å². The minimum atomic E-state index is -0.326. The molecule has 0 amide bonds. The molecule has 1 N–H and O–H groups in total. The minimum absolute atomic E-state index is 0.00283. The van der Waals surface area contributed by atoms with Crippen molar-refractivity contribution in [3.05, 3.63) is 56.8 Å². The van der Waals surface area contributed by atoms with Gasteiger partial charge in [0, 0.05) is 32.4 Å². The standard InChI is InChI=1S/C13H17N3O3/c1-9(11-5-4-6-19-11)14-7-10-8-15(2)13(18)16(3)12(10)17/h4-6,8-9,14H,7H2,1-3H3/t9-/m1/s1. The molecule has 2 aromatic rings. The van der Waals surface area contributed by atoms with Crippen LogP contribution in [0, 0.1) is 0 Å². The van der Waals surface area contributed by atoms with Crippen LogP contribution in [0.3, 0.4) is 0 Å². The zero-order valence-corrected chi connectivity index (χ0v) is 11.2. The first-order valence-electron chi connectivity index (χ1n) is 6.03. The average molecular weight is 263 g/mol. The van der Waals surface area contributed by atoms with E-state index in [2.05, 4.69) is 5.32 Å². The van der Waals surface area contributed by atoms with Crippen LogP contribution in [0.4, 0.5) is 0 Å². The Hall–Kier alpha value is -2.08. The summed E-state index contributed by atoms with van der Waals surface area (Å²) in [4.78, 5) is 23.5. The lowest BCUT2D eigenvalue weighted by Gasteiger charge is -2.12. The van der Waals surface area contributed by atoms with Crippen molar-refractivity contribution >= 4 is 0 Å². The zero-order valence-electron chi connectivity index (χ0n) is 11.2. The van der Waals surface area contributed by atoms with Gasteiger partial charge in [0.25, 0.3) is 5.56 Å². The van der Waals surface area contributed by atoms with Crippen LogP contribution < -0.4 is 16.6 Å². The third-order valence-corrected chi connectivity index (χ3v) is 3.09. The third-order valence-electron chi connectivity index (χ3n) is 3.09. The molecular formula is C13H17N3O3. The Morgan fingerprint density at radius 3 is 2.74 bits per heavy atom. The summed E-state index contributed by atoms with van der Waals surface area (Å²) in [5, 5.41) is 3.19. The van der Waals surface area contributed by atoms with E-state index in [1.807, 2.05) is 19.1 Å². The molecule has 0 saturated carbocycles. The quantitative estimate of drug-likeness (QED) is 0.873. The molecule has 0 unspecified atom stereocenters. The fourth-order valence-electron chi connectivity index (χ4n) is 1.91. The van der Waals surface area contributed by atoms with Crippen LogP contribution in [-0.2, 0) is 20.6 Å². The summed E-state index contributed by atoms with van der Waals surface area (Å²) in [5.41, 5.74) is -0.0573. The fraction of sp³-hybridized carbons (Fsp3) is 0.385. The molecule has 2 heterocycles. The first-order chi connectivity index (χ1) is 9.00. The molecule has 19 heavy (non-hydrogen) atoms. The highest BCUT2D eigenvalue weighted by atomic mass is 16.3. The largest absolute Gasteiger partial charge is 0.468 e. The van der Waals surface area contributed by atoms with E-state index in [4.69, 9.17) is 4.42 Å². The molecule has 0 aliphatic rings. The topological polar surface area (TPSA) is 69.2 Å². The van der Waals surface area contributed by atoms with Gasteiger partial charge in [0.05, 0.1) is 12.3 Å². The van der Waals surface area contributed by atoms with Gasteiger partial charge in [0.1, 0.15) is 5.76 Å². The monoisotopic (exact) mass is 263 g/mol. The van der Waals surface area contributed by atoms with Crippen LogP contribution in [-0.4, -0.2) is 9.13 Å². The van der Waals surface area contributed by atoms with E-state index < -0.39 is 0 Å². The van der Waals surface area contributed by atoms with Gasteiger partial charge < -0.3 is 14.3 Å². The second-order valence-corrected chi connectivity index (χ2v) is 4.53. The van der Waals surface area contributed by atoms with Crippen molar-refractivity contribution in [3.8, 4) is 0 Å². The fourth-order valence-corrected chi connectivity index (χ4v) is 1.91. The Labute approximate surface area is 110 Å². The second-order valence-electron chi connectivity index (χ2n) is 4.53. The second kappa shape index (κ2) is 5.27. The van der Waals surface area contributed by atoms with Gasteiger partial charge in [-0.25, -0.2) is 4.79 Å². The normalized spacial score (nSPS) is 12.6. The van der Waals surface area contributed by atoms with E-state index in [0.29, 0.717) is 12.1 Å². The molecule has 0 fully saturated rings. The molecule has 6 heteroatoms. The van der Waals surface area contributed by atoms with E-state index in [1.54, 1.807) is 19.5 Å². The highest BCUT2D eigenvalue weighted by Crippen LogP contribution is 2.12. The van der Waals surface area contributed by atoms with Crippen LogP contribution in [0.2, 0.25) is 0 Å². The Kier molecular flexibility index (Phi) is 3.71. The zero-order chi connectivity index (χ0) is 14.0. The van der Waals surface area contributed by atoms with E-state index in [9.17, 15) is 9.59 Å². The molecule has 1 atom stereocenters. The highest BCUT2D eigenvalue weighted by molar-refractivity contribution is 5.07. The molecule has 102 valence electrons. The Morgan fingerprint density at radius 2 is 2.11 bits per heavy atom. The lowest BCUT2D eigenvalue weighted by Crippen LogP contribution is -2.39. The van der Waals surface area contributed by atoms with Crippen molar-refractivity contribution in [1.29, 1.82) is 0 Å². The number of aromatic nitrogens is 2. The van der Waals surface area contributed by atoms with E-state index in [0.717, 1.165) is 10.3 Å². The molecule has 2 aromatic heterocycles. The summed E-state index contributed by atoms with van der Waals surface area (Å²) in [7, 11) is 3.10. The van der Waals surface area contributed by atoms with Crippen molar-refractivity contribution in [2.75, 3.05) is 0 Å². The Bertz CT molecular complexity index is 667.